The third-order valence-electron chi connectivity index (χ3n) is 4.12. The Balaban J connectivity index is 1.91. The Bertz CT molecular complexity index is 952. The first kappa shape index (κ1) is 19.6. The van der Waals surface area contributed by atoms with E-state index in [1.165, 1.54) is 17.4 Å². The van der Waals surface area contributed by atoms with Gasteiger partial charge in [-0.05, 0) is 72.9 Å². The van der Waals surface area contributed by atoms with Gasteiger partial charge in [-0.15, -0.1) is 11.3 Å². The molecule has 3 rings (SSSR count). The smallest absolute Gasteiger partial charge is 0.341 e. The van der Waals surface area contributed by atoms with Crippen LogP contribution in [0.5, 0.6) is 0 Å². The summed E-state index contributed by atoms with van der Waals surface area (Å²) in [6.07, 6.45) is 5.12. The maximum Gasteiger partial charge on any atom is 0.341 e. The molecule has 0 unspecified atom stereocenters. The minimum absolute atomic E-state index is 0.0954. The number of nitriles is 1. The molecule has 2 aromatic heterocycles. The zero-order valence-corrected chi connectivity index (χ0v) is 17.6. The molecule has 0 aliphatic heterocycles. The number of esters is 1. The van der Waals surface area contributed by atoms with Crippen LogP contribution in [-0.4, -0.2) is 18.5 Å². The summed E-state index contributed by atoms with van der Waals surface area (Å²) in [4.78, 5) is 26.2. The van der Waals surface area contributed by atoms with Crippen LogP contribution in [0.15, 0.2) is 22.1 Å². The lowest BCUT2D eigenvalue weighted by molar-refractivity contribution is -0.112. The molecule has 140 valence electrons. The fraction of sp³-hybridized carbons (Fsp3) is 0.316. The molecule has 0 saturated heterocycles. The summed E-state index contributed by atoms with van der Waals surface area (Å²) in [5, 5.41) is 12.5. The van der Waals surface area contributed by atoms with E-state index in [4.69, 9.17) is 9.15 Å². The molecule has 1 aliphatic rings. The summed E-state index contributed by atoms with van der Waals surface area (Å²) in [5.41, 5.74) is 1.29. The number of anilines is 1. The minimum Gasteiger partial charge on any atom is -0.462 e. The SMILES string of the molecule is CCOC(=O)c1c(NC(=O)C(C#N)=Cc2ccc(I)o2)sc2c1CCCC2. The molecule has 0 fully saturated rings. The molecule has 6 nitrogen and oxygen atoms in total. The van der Waals surface area contributed by atoms with Gasteiger partial charge in [0.25, 0.3) is 5.91 Å². The number of amides is 1. The van der Waals surface area contributed by atoms with Crippen molar-refractivity contribution in [2.75, 3.05) is 11.9 Å². The van der Waals surface area contributed by atoms with E-state index in [9.17, 15) is 14.9 Å². The van der Waals surface area contributed by atoms with Crippen molar-refractivity contribution in [1.29, 1.82) is 5.26 Å². The van der Waals surface area contributed by atoms with Crippen LogP contribution in [0.2, 0.25) is 0 Å². The Morgan fingerprint density at radius 1 is 1.41 bits per heavy atom. The van der Waals surface area contributed by atoms with Gasteiger partial charge < -0.3 is 14.5 Å². The van der Waals surface area contributed by atoms with E-state index >= 15 is 0 Å². The van der Waals surface area contributed by atoms with Gasteiger partial charge in [0.1, 0.15) is 22.4 Å². The van der Waals surface area contributed by atoms with Gasteiger partial charge >= 0.3 is 5.97 Å². The lowest BCUT2D eigenvalue weighted by Crippen LogP contribution is -2.16. The van der Waals surface area contributed by atoms with Gasteiger partial charge in [-0.25, -0.2) is 4.79 Å². The van der Waals surface area contributed by atoms with Crippen LogP contribution in [0.3, 0.4) is 0 Å². The Hall–Kier alpha value is -2.12. The second-order valence-corrected chi connectivity index (χ2v) is 8.07. The van der Waals surface area contributed by atoms with Crippen molar-refractivity contribution in [3.8, 4) is 6.07 Å². The van der Waals surface area contributed by atoms with Crippen LogP contribution >= 0.6 is 33.9 Å². The van der Waals surface area contributed by atoms with E-state index in [2.05, 4.69) is 5.32 Å². The zero-order chi connectivity index (χ0) is 19.4. The number of rotatable bonds is 5. The predicted octanol–water partition coefficient (Wildman–Crippen LogP) is 4.55. The number of furan rings is 1. The summed E-state index contributed by atoms with van der Waals surface area (Å²) in [6.45, 7) is 2.01. The van der Waals surface area contributed by atoms with Crippen LogP contribution in [0.25, 0.3) is 6.08 Å². The van der Waals surface area contributed by atoms with Crippen LogP contribution in [0.4, 0.5) is 5.00 Å². The first-order chi connectivity index (χ1) is 13.0. The molecular weight excluding hydrogens is 479 g/mol. The van der Waals surface area contributed by atoms with Crippen molar-refractivity contribution < 1.29 is 18.7 Å². The minimum atomic E-state index is -0.576. The van der Waals surface area contributed by atoms with Crippen LogP contribution < -0.4 is 5.32 Å². The number of ether oxygens (including phenoxy) is 1. The molecule has 0 aromatic carbocycles. The fourth-order valence-electron chi connectivity index (χ4n) is 2.94. The van der Waals surface area contributed by atoms with Gasteiger partial charge in [0.15, 0.2) is 3.77 Å². The molecule has 1 N–H and O–H groups in total. The maximum absolute atomic E-state index is 12.6. The van der Waals surface area contributed by atoms with Crippen molar-refractivity contribution in [3.63, 3.8) is 0 Å². The van der Waals surface area contributed by atoms with Crippen molar-refractivity contribution in [1.82, 2.24) is 0 Å². The summed E-state index contributed by atoms with van der Waals surface area (Å²) >= 11 is 3.39. The molecule has 0 radical (unpaired) electrons. The number of nitrogens with zero attached hydrogens (tertiary/aromatic N) is 1. The van der Waals surface area contributed by atoms with Crippen molar-refractivity contribution in [2.24, 2.45) is 0 Å². The molecule has 0 spiro atoms. The zero-order valence-electron chi connectivity index (χ0n) is 14.6. The molecule has 0 atom stereocenters. The second kappa shape index (κ2) is 8.71. The molecule has 1 amide bonds. The van der Waals surface area contributed by atoms with E-state index in [1.807, 2.05) is 28.7 Å². The van der Waals surface area contributed by atoms with Crippen molar-refractivity contribution in [3.05, 3.63) is 43.2 Å². The van der Waals surface area contributed by atoms with Gasteiger partial charge in [0, 0.05) is 11.0 Å². The number of thiophene rings is 1. The monoisotopic (exact) mass is 496 g/mol. The Labute approximate surface area is 174 Å². The predicted molar refractivity (Wildman–Crippen MR) is 111 cm³/mol. The highest BCUT2D eigenvalue weighted by molar-refractivity contribution is 14.1. The van der Waals surface area contributed by atoms with Crippen LogP contribution in [0, 0.1) is 15.1 Å². The molecule has 2 heterocycles. The topological polar surface area (TPSA) is 92.3 Å². The van der Waals surface area contributed by atoms with E-state index in [0.717, 1.165) is 36.1 Å². The Kier molecular flexibility index (Phi) is 6.34. The summed E-state index contributed by atoms with van der Waals surface area (Å²) < 4.78 is 11.2. The van der Waals surface area contributed by atoms with Gasteiger partial charge in [0.2, 0.25) is 0 Å². The van der Waals surface area contributed by atoms with Crippen LogP contribution in [-0.2, 0) is 22.4 Å². The lowest BCUT2D eigenvalue weighted by Gasteiger charge is -2.12. The Morgan fingerprint density at radius 2 is 2.19 bits per heavy atom. The van der Waals surface area contributed by atoms with Gasteiger partial charge in [0.05, 0.1) is 12.2 Å². The molecule has 27 heavy (non-hydrogen) atoms. The number of fused-ring (bicyclic) bond motifs is 1. The summed E-state index contributed by atoms with van der Waals surface area (Å²) in [5.74, 6) is -0.592. The van der Waals surface area contributed by atoms with E-state index in [-0.39, 0.29) is 12.2 Å². The van der Waals surface area contributed by atoms with Crippen molar-refractivity contribution >= 4 is 56.9 Å². The van der Waals surface area contributed by atoms with E-state index in [1.54, 1.807) is 19.1 Å². The first-order valence-electron chi connectivity index (χ1n) is 8.53. The number of nitrogens with one attached hydrogen (secondary N) is 1. The number of aryl methyl sites for hydroxylation is 1. The average Bonchev–Trinajstić information content (AvgIpc) is 3.22. The van der Waals surface area contributed by atoms with E-state index in [0.29, 0.717) is 20.1 Å². The highest BCUT2D eigenvalue weighted by Gasteiger charge is 2.27. The number of carbonyl (C=O) groups excluding carboxylic acids is 2. The highest BCUT2D eigenvalue weighted by atomic mass is 127. The molecule has 0 saturated carbocycles. The van der Waals surface area contributed by atoms with Gasteiger partial charge in [-0.1, -0.05) is 0 Å². The molecule has 8 heteroatoms. The molecule has 1 aliphatic carbocycles. The first-order valence-corrected chi connectivity index (χ1v) is 10.4. The second-order valence-electron chi connectivity index (χ2n) is 5.90. The fourth-order valence-corrected chi connectivity index (χ4v) is 4.65. The summed E-state index contributed by atoms with van der Waals surface area (Å²) in [6, 6.07) is 5.31. The van der Waals surface area contributed by atoms with Crippen LogP contribution in [0.1, 0.15) is 46.3 Å². The number of halogens is 1. The number of carbonyl (C=O) groups is 2. The molecular formula is C19H17IN2O4S. The average molecular weight is 496 g/mol. The van der Waals surface area contributed by atoms with E-state index < -0.39 is 11.9 Å². The Morgan fingerprint density at radius 3 is 2.85 bits per heavy atom. The largest absolute Gasteiger partial charge is 0.462 e. The standard InChI is InChI=1S/C19H17IN2O4S/c1-2-25-19(24)16-13-5-3-4-6-14(13)27-18(16)22-17(23)11(10-21)9-12-7-8-15(20)26-12/h7-9H,2-6H2,1H3,(H,22,23). The quantitative estimate of drug-likeness (QED) is 0.284. The van der Waals surface area contributed by atoms with Crippen molar-refractivity contribution in [2.45, 2.75) is 32.6 Å². The highest BCUT2D eigenvalue weighted by Crippen LogP contribution is 2.38. The molecule has 2 aromatic rings. The number of hydrogen-bond acceptors (Lipinski definition) is 6. The third-order valence-corrected chi connectivity index (χ3v) is 5.91. The maximum atomic E-state index is 12.6. The summed E-state index contributed by atoms with van der Waals surface area (Å²) in [7, 11) is 0. The normalized spacial score (nSPS) is 13.6. The lowest BCUT2D eigenvalue weighted by atomic mass is 9.95. The number of hydrogen-bond donors (Lipinski definition) is 1. The van der Waals surface area contributed by atoms with Gasteiger partial charge in [-0.2, -0.15) is 5.26 Å². The third kappa shape index (κ3) is 4.42. The van der Waals surface area contributed by atoms with Gasteiger partial charge in [-0.3, -0.25) is 4.79 Å². The molecule has 0 bridgehead atoms.